The molecule has 0 saturated carbocycles. The fraction of sp³-hybridized carbons (Fsp3) is 0.676. The molecule has 7 unspecified atom stereocenters. The Kier molecular flexibility index (Phi) is 8.66. The minimum absolute atomic E-state index is 0.0905. The summed E-state index contributed by atoms with van der Waals surface area (Å²) in [6.07, 6.45) is 19.2. The highest BCUT2D eigenvalue weighted by Crippen LogP contribution is 2.52. The van der Waals surface area contributed by atoms with Crippen molar-refractivity contribution in [3.63, 3.8) is 0 Å². The van der Waals surface area contributed by atoms with Crippen molar-refractivity contribution in [2.45, 2.75) is 113 Å². The van der Waals surface area contributed by atoms with Crippen LogP contribution in [0.1, 0.15) is 96.4 Å². The molecule has 3 aliphatic rings. The minimum Gasteiger partial charge on any atom is -0.385 e. The van der Waals surface area contributed by atoms with E-state index >= 15 is 0 Å². The zero-order valence-electron chi connectivity index (χ0n) is 27.6. The Morgan fingerprint density at radius 1 is 0.575 bits per heavy atom. The monoisotopic (exact) mass is 550 g/mol. The van der Waals surface area contributed by atoms with E-state index in [2.05, 4.69) is 119 Å². The van der Waals surface area contributed by atoms with Crippen molar-refractivity contribution in [3.05, 3.63) is 71.4 Å². The Balaban J connectivity index is 2.23. The van der Waals surface area contributed by atoms with Crippen molar-refractivity contribution in [2.75, 3.05) is 0 Å². The lowest BCUT2D eigenvalue weighted by Gasteiger charge is -2.53. The SMILES string of the molecule is CC1C=CC(C(C)(C)C)=CC1(O)C(C)CC(C1(O)C=C(C(C)(C)C)C=CC1C)C1(O)C=C(C(C)(C)C)C=CC1C. The third-order valence-corrected chi connectivity index (χ3v) is 10.1. The highest BCUT2D eigenvalue weighted by molar-refractivity contribution is 5.41. The Bertz CT molecular complexity index is 1080. The first-order chi connectivity index (χ1) is 18.0. The first kappa shape index (κ1) is 32.8. The number of aliphatic hydroxyl groups is 3. The molecule has 0 aromatic rings. The molecular weight excluding hydrogens is 492 g/mol. The van der Waals surface area contributed by atoms with Crippen LogP contribution in [0.3, 0.4) is 0 Å². The average Bonchev–Trinajstić information content (AvgIpc) is 2.80. The number of allylic oxidation sites excluding steroid dienone is 6. The summed E-state index contributed by atoms with van der Waals surface area (Å²) < 4.78 is 0. The standard InChI is InChI=1S/C37H58O3/c1-24-14-17-28(32(5,6)7)21-35(24,38)27(4)20-31(36(39)22-29(33(8,9)10)18-15-25(36)2)37(40)23-30(34(11,12)13)19-16-26(37)3/h14-19,21-27,31,38-40H,20H2,1-13H3. The van der Waals surface area contributed by atoms with Crippen LogP contribution < -0.4 is 0 Å². The van der Waals surface area contributed by atoms with Gasteiger partial charge in [-0.1, -0.05) is 126 Å². The van der Waals surface area contributed by atoms with E-state index in [1.54, 1.807) is 0 Å². The predicted octanol–water partition coefficient (Wildman–Crippen LogP) is 8.36. The summed E-state index contributed by atoms with van der Waals surface area (Å²) in [6, 6.07) is 0. The van der Waals surface area contributed by atoms with Gasteiger partial charge in [-0.2, -0.15) is 0 Å². The van der Waals surface area contributed by atoms with Crippen LogP contribution >= 0.6 is 0 Å². The highest BCUT2D eigenvalue weighted by atomic mass is 16.3. The Morgan fingerprint density at radius 2 is 0.850 bits per heavy atom. The van der Waals surface area contributed by atoms with Crippen molar-refractivity contribution < 1.29 is 15.3 Å². The van der Waals surface area contributed by atoms with Gasteiger partial charge in [-0.05, 0) is 63.5 Å². The van der Waals surface area contributed by atoms with Crippen LogP contribution in [0.5, 0.6) is 0 Å². The molecule has 0 aromatic carbocycles. The fourth-order valence-corrected chi connectivity index (χ4v) is 6.61. The Morgan fingerprint density at radius 3 is 1.15 bits per heavy atom. The zero-order valence-corrected chi connectivity index (χ0v) is 27.6. The van der Waals surface area contributed by atoms with Gasteiger partial charge in [0.2, 0.25) is 0 Å². The summed E-state index contributed by atoms with van der Waals surface area (Å²) in [6.45, 7) is 27.7. The van der Waals surface area contributed by atoms with Gasteiger partial charge >= 0.3 is 0 Å². The molecule has 40 heavy (non-hydrogen) atoms. The van der Waals surface area contributed by atoms with Crippen LogP contribution in [0.2, 0.25) is 0 Å². The van der Waals surface area contributed by atoms with E-state index in [1.807, 2.05) is 26.0 Å². The van der Waals surface area contributed by atoms with Crippen LogP contribution in [-0.2, 0) is 0 Å². The Labute approximate surface area is 245 Å². The molecule has 3 aliphatic carbocycles. The molecule has 0 radical (unpaired) electrons. The average molecular weight is 551 g/mol. The largest absolute Gasteiger partial charge is 0.385 e. The van der Waals surface area contributed by atoms with Gasteiger partial charge in [-0.25, -0.2) is 0 Å². The second-order valence-electron chi connectivity index (χ2n) is 16.3. The molecule has 0 heterocycles. The quantitative estimate of drug-likeness (QED) is 0.322. The molecule has 0 saturated heterocycles. The molecule has 224 valence electrons. The molecule has 7 atom stereocenters. The van der Waals surface area contributed by atoms with E-state index in [4.69, 9.17) is 0 Å². The molecule has 0 amide bonds. The molecule has 0 spiro atoms. The smallest absolute Gasteiger partial charge is 0.0952 e. The number of hydrogen-bond acceptors (Lipinski definition) is 3. The first-order valence-electron chi connectivity index (χ1n) is 15.4. The van der Waals surface area contributed by atoms with Gasteiger partial charge in [-0.15, -0.1) is 0 Å². The van der Waals surface area contributed by atoms with Crippen LogP contribution in [0.25, 0.3) is 0 Å². The number of rotatable bonds is 5. The predicted molar refractivity (Wildman–Crippen MR) is 170 cm³/mol. The molecule has 3 N–H and O–H groups in total. The van der Waals surface area contributed by atoms with E-state index in [0.29, 0.717) is 6.42 Å². The topological polar surface area (TPSA) is 60.7 Å². The molecule has 3 heteroatoms. The van der Waals surface area contributed by atoms with Crippen molar-refractivity contribution in [2.24, 2.45) is 45.8 Å². The van der Waals surface area contributed by atoms with E-state index in [-0.39, 0.29) is 39.9 Å². The van der Waals surface area contributed by atoms with E-state index in [9.17, 15) is 15.3 Å². The normalized spacial score (nSPS) is 36.6. The summed E-state index contributed by atoms with van der Waals surface area (Å²) >= 11 is 0. The molecule has 0 fully saturated rings. The maximum atomic E-state index is 12.8. The lowest BCUT2D eigenvalue weighted by Crippen LogP contribution is -2.59. The Hall–Kier alpha value is -1.68. The molecule has 0 aromatic heterocycles. The van der Waals surface area contributed by atoms with Crippen LogP contribution in [0, 0.1) is 45.8 Å². The van der Waals surface area contributed by atoms with Gasteiger partial charge in [0.25, 0.3) is 0 Å². The van der Waals surface area contributed by atoms with Gasteiger partial charge in [0, 0.05) is 23.7 Å². The second kappa shape index (κ2) is 10.5. The third kappa shape index (κ3) is 6.08. The van der Waals surface area contributed by atoms with Crippen LogP contribution in [-0.4, -0.2) is 32.1 Å². The van der Waals surface area contributed by atoms with Gasteiger partial charge in [0.1, 0.15) is 0 Å². The van der Waals surface area contributed by atoms with E-state index < -0.39 is 22.7 Å². The highest BCUT2D eigenvalue weighted by Gasteiger charge is 2.55. The van der Waals surface area contributed by atoms with Crippen molar-refractivity contribution >= 4 is 0 Å². The molecule has 0 aliphatic heterocycles. The van der Waals surface area contributed by atoms with Crippen molar-refractivity contribution in [1.82, 2.24) is 0 Å². The van der Waals surface area contributed by atoms with Gasteiger partial charge in [0.05, 0.1) is 16.8 Å². The van der Waals surface area contributed by atoms with Crippen LogP contribution in [0.15, 0.2) is 71.4 Å². The van der Waals surface area contributed by atoms with E-state index in [1.165, 1.54) is 0 Å². The molecule has 0 bridgehead atoms. The lowest BCUT2D eigenvalue weighted by molar-refractivity contribution is -0.130. The van der Waals surface area contributed by atoms with Crippen LogP contribution in [0.4, 0.5) is 0 Å². The number of hydrogen-bond donors (Lipinski definition) is 3. The van der Waals surface area contributed by atoms with Gasteiger partial charge < -0.3 is 15.3 Å². The zero-order chi connectivity index (χ0) is 30.7. The fourth-order valence-electron chi connectivity index (χ4n) is 6.61. The summed E-state index contributed by atoms with van der Waals surface area (Å²) in [5, 5.41) is 37.9. The van der Waals surface area contributed by atoms with Crippen molar-refractivity contribution in [3.8, 4) is 0 Å². The summed E-state index contributed by atoms with van der Waals surface area (Å²) in [5.41, 5.74) is -0.872. The lowest BCUT2D eigenvalue weighted by atomic mass is 9.57. The summed E-state index contributed by atoms with van der Waals surface area (Å²) in [7, 11) is 0. The molecular formula is C37H58O3. The van der Waals surface area contributed by atoms with E-state index in [0.717, 1.165) is 16.7 Å². The maximum Gasteiger partial charge on any atom is 0.0952 e. The second-order valence-corrected chi connectivity index (χ2v) is 16.3. The molecule has 3 rings (SSSR count). The third-order valence-electron chi connectivity index (χ3n) is 10.1. The van der Waals surface area contributed by atoms with Gasteiger partial charge in [-0.3, -0.25) is 0 Å². The minimum atomic E-state index is -1.31. The maximum absolute atomic E-state index is 12.8. The van der Waals surface area contributed by atoms with Crippen molar-refractivity contribution in [1.29, 1.82) is 0 Å². The summed E-state index contributed by atoms with van der Waals surface area (Å²) in [4.78, 5) is 0. The first-order valence-corrected chi connectivity index (χ1v) is 15.4. The molecule has 3 nitrogen and oxygen atoms in total. The van der Waals surface area contributed by atoms with Gasteiger partial charge in [0.15, 0.2) is 0 Å². The summed E-state index contributed by atoms with van der Waals surface area (Å²) in [5.74, 6) is -1.28.